The molecule has 0 fully saturated rings. The van der Waals surface area contributed by atoms with E-state index in [-0.39, 0.29) is 0 Å². The van der Waals surface area contributed by atoms with Gasteiger partial charge < -0.3 is 4.57 Å². The van der Waals surface area contributed by atoms with Crippen LogP contribution in [0.25, 0.3) is 30.0 Å². The van der Waals surface area contributed by atoms with Crippen LogP contribution in [-0.4, -0.2) is 10.8 Å². The average molecular weight is 409 g/mol. The SMILES string of the molecule is C=C/C=C\c1c(C=C)c(/C=C\C)n(/C(C=C)=C(/C=N\C=C)C(\C=C)=C\C=C/C)c1C=C. The van der Waals surface area contributed by atoms with E-state index >= 15 is 0 Å². The van der Waals surface area contributed by atoms with Crippen molar-refractivity contribution in [2.24, 2.45) is 4.99 Å². The van der Waals surface area contributed by atoms with Crippen LogP contribution < -0.4 is 0 Å². The predicted octanol–water partition coefficient (Wildman–Crippen LogP) is 8.31. The molecule has 1 aromatic heterocycles. The number of aliphatic imine (C=N–C) groups is 1. The van der Waals surface area contributed by atoms with E-state index in [1.54, 1.807) is 18.4 Å². The minimum absolute atomic E-state index is 0.839. The Bertz CT molecular complexity index is 1040. The molecule has 1 rings (SSSR count). The number of hydrogen-bond acceptors (Lipinski definition) is 1. The first-order valence-electron chi connectivity index (χ1n) is 10.0. The molecule has 158 valence electrons. The highest BCUT2D eigenvalue weighted by Crippen LogP contribution is 2.33. The van der Waals surface area contributed by atoms with Gasteiger partial charge in [-0.3, -0.25) is 4.99 Å². The fraction of sp³-hybridized carbons (Fsp3) is 0.0690. The number of aromatic nitrogens is 1. The lowest BCUT2D eigenvalue weighted by molar-refractivity contribution is 1.08. The molecule has 0 aliphatic heterocycles. The van der Waals surface area contributed by atoms with Gasteiger partial charge in [-0.25, -0.2) is 0 Å². The Morgan fingerprint density at radius 1 is 0.806 bits per heavy atom. The third-order valence-electron chi connectivity index (χ3n) is 4.46. The first-order chi connectivity index (χ1) is 15.1. The first kappa shape index (κ1) is 25.1. The Kier molecular flexibility index (Phi) is 10.8. The molecule has 2 heteroatoms. The summed E-state index contributed by atoms with van der Waals surface area (Å²) in [4.78, 5) is 4.29. The average Bonchev–Trinajstić information content (AvgIpc) is 3.08. The summed E-state index contributed by atoms with van der Waals surface area (Å²) < 4.78 is 2.11. The highest BCUT2D eigenvalue weighted by molar-refractivity contribution is 5.97. The van der Waals surface area contributed by atoms with Gasteiger partial charge in [0, 0.05) is 29.1 Å². The van der Waals surface area contributed by atoms with Crippen LogP contribution in [-0.2, 0) is 0 Å². The highest BCUT2D eigenvalue weighted by atomic mass is 15.0. The topological polar surface area (TPSA) is 17.3 Å². The monoisotopic (exact) mass is 408 g/mol. The fourth-order valence-corrected chi connectivity index (χ4v) is 3.19. The molecule has 0 N–H and O–H groups in total. The summed E-state index contributed by atoms with van der Waals surface area (Å²) in [6.45, 7) is 27.7. The molecule has 1 aromatic rings. The zero-order chi connectivity index (χ0) is 23.2. The van der Waals surface area contributed by atoms with Crippen LogP contribution in [0.3, 0.4) is 0 Å². The molecule has 2 nitrogen and oxygen atoms in total. The third kappa shape index (κ3) is 5.80. The van der Waals surface area contributed by atoms with E-state index in [9.17, 15) is 0 Å². The summed E-state index contributed by atoms with van der Waals surface area (Å²) >= 11 is 0. The van der Waals surface area contributed by atoms with E-state index in [1.165, 1.54) is 6.20 Å². The molecule has 0 unspecified atom stereocenters. The largest absolute Gasteiger partial charge is 0.309 e. The number of hydrogen-bond donors (Lipinski definition) is 0. The van der Waals surface area contributed by atoms with Gasteiger partial charge in [0.25, 0.3) is 0 Å². The maximum atomic E-state index is 4.29. The van der Waals surface area contributed by atoms with Crippen LogP contribution in [0.5, 0.6) is 0 Å². The summed E-state index contributed by atoms with van der Waals surface area (Å²) in [5.74, 6) is 0. The van der Waals surface area contributed by atoms with Crippen LogP contribution in [0.2, 0.25) is 0 Å². The van der Waals surface area contributed by atoms with Gasteiger partial charge in [-0.05, 0) is 37.6 Å². The molecular formula is C29H32N2. The van der Waals surface area contributed by atoms with E-state index in [0.717, 1.165) is 39.4 Å². The Morgan fingerprint density at radius 2 is 1.55 bits per heavy atom. The fourth-order valence-electron chi connectivity index (χ4n) is 3.19. The lowest BCUT2D eigenvalue weighted by atomic mass is 10.0. The van der Waals surface area contributed by atoms with Crippen molar-refractivity contribution in [3.05, 3.63) is 128 Å². The van der Waals surface area contributed by atoms with E-state index in [4.69, 9.17) is 0 Å². The molecular weight excluding hydrogens is 376 g/mol. The zero-order valence-electron chi connectivity index (χ0n) is 18.7. The minimum atomic E-state index is 0.839. The third-order valence-corrected chi connectivity index (χ3v) is 4.46. The van der Waals surface area contributed by atoms with E-state index in [2.05, 4.69) is 49.0 Å². The molecule has 0 spiro atoms. The highest BCUT2D eigenvalue weighted by Gasteiger charge is 2.20. The quantitative estimate of drug-likeness (QED) is 0.244. The number of rotatable bonds is 12. The van der Waals surface area contributed by atoms with Crippen LogP contribution in [0, 0.1) is 0 Å². The second-order valence-electron chi connectivity index (χ2n) is 6.25. The van der Waals surface area contributed by atoms with Crippen molar-refractivity contribution >= 4 is 36.2 Å². The summed E-state index contributed by atoms with van der Waals surface area (Å²) in [6.07, 6.45) is 26.2. The summed E-state index contributed by atoms with van der Waals surface area (Å²) in [6, 6.07) is 0. The van der Waals surface area contributed by atoms with Gasteiger partial charge in [0.15, 0.2) is 0 Å². The Morgan fingerprint density at radius 3 is 2.03 bits per heavy atom. The molecule has 31 heavy (non-hydrogen) atoms. The summed E-state index contributed by atoms with van der Waals surface area (Å²) in [7, 11) is 0. The van der Waals surface area contributed by atoms with Crippen LogP contribution in [0.1, 0.15) is 36.4 Å². The molecule has 0 saturated carbocycles. The second kappa shape index (κ2) is 13.3. The standard InChI is InChI=1S/C29H32N2/c1-9-17-20-23(12-4)26(22-30-16-8)28(15-7)31-27(14-6)25(21-18-10-2)24(13-5)29(31)19-11-3/h9-22H,2,4-8H2,1,3H3/b17-9-,19-11-,21-18-,23-20+,28-26-,30-22-. The lowest BCUT2D eigenvalue weighted by Gasteiger charge is -2.16. The van der Waals surface area contributed by atoms with Crippen LogP contribution in [0.4, 0.5) is 0 Å². The lowest BCUT2D eigenvalue weighted by Crippen LogP contribution is -2.06. The molecule has 0 amide bonds. The molecule has 0 bridgehead atoms. The zero-order valence-corrected chi connectivity index (χ0v) is 18.7. The van der Waals surface area contributed by atoms with Crippen molar-refractivity contribution < 1.29 is 0 Å². The molecule has 0 aromatic carbocycles. The van der Waals surface area contributed by atoms with Crippen molar-refractivity contribution in [2.75, 3.05) is 0 Å². The molecule has 0 atom stereocenters. The first-order valence-corrected chi connectivity index (χ1v) is 10.0. The Balaban J connectivity index is 4.31. The van der Waals surface area contributed by atoms with Crippen molar-refractivity contribution in [2.45, 2.75) is 13.8 Å². The number of nitrogens with zero attached hydrogens (tertiary/aromatic N) is 2. The predicted molar refractivity (Wildman–Crippen MR) is 144 cm³/mol. The van der Waals surface area contributed by atoms with Gasteiger partial charge in [-0.2, -0.15) is 0 Å². The van der Waals surface area contributed by atoms with Gasteiger partial charge in [-0.1, -0.05) is 94.2 Å². The summed E-state index contributed by atoms with van der Waals surface area (Å²) in [5.41, 5.74) is 6.45. The van der Waals surface area contributed by atoms with Gasteiger partial charge in [0.2, 0.25) is 0 Å². The van der Waals surface area contributed by atoms with Crippen LogP contribution >= 0.6 is 0 Å². The molecule has 1 heterocycles. The molecule has 0 saturated heterocycles. The van der Waals surface area contributed by atoms with Gasteiger partial charge in [0.05, 0.1) is 17.1 Å². The van der Waals surface area contributed by atoms with Gasteiger partial charge >= 0.3 is 0 Å². The molecule has 0 aliphatic rings. The van der Waals surface area contributed by atoms with Crippen LogP contribution in [0.15, 0.2) is 110 Å². The van der Waals surface area contributed by atoms with Gasteiger partial charge in [-0.15, -0.1) is 0 Å². The summed E-state index contributed by atoms with van der Waals surface area (Å²) in [5, 5.41) is 0. The van der Waals surface area contributed by atoms with Crippen molar-refractivity contribution in [1.82, 2.24) is 4.57 Å². The van der Waals surface area contributed by atoms with Crippen molar-refractivity contribution in [1.29, 1.82) is 0 Å². The van der Waals surface area contributed by atoms with E-state index < -0.39 is 0 Å². The smallest absolute Gasteiger partial charge is 0.0550 e. The number of allylic oxidation sites excluding steroid dienone is 11. The van der Waals surface area contributed by atoms with Gasteiger partial charge in [0.1, 0.15) is 0 Å². The molecule has 0 radical (unpaired) electrons. The normalized spacial score (nSPS) is 13.2. The minimum Gasteiger partial charge on any atom is -0.309 e. The van der Waals surface area contributed by atoms with E-state index in [1.807, 2.05) is 74.6 Å². The maximum absolute atomic E-state index is 4.29. The Labute approximate surface area is 187 Å². The van der Waals surface area contributed by atoms with Crippen molar-refractivity contribution in [3.8, 4) is 0 Å². The second-order valence-corrected chi connectivity index (χ2v) is 6.25. The maximum Gasteiger partial charge on any atom is 0.0550 e. The Hall–Kier alpha value is -3.91. The van der Waals surface area contributed by atoms with Crippen molar-refractivity contribution in [3.63, 3.8) is 0 Å². The molecule has 0 aliphatic carbocycles. The van der Waals surface area contributed by atoms with E-state index in [0.29, 0.717) is 0 Å².